The zero-order valence-electron chi connectivity index (χ0n) is 15.7. The molecule has 8 nitrogen and oxygen atoms in total. The Morgan fingerprint density at radius 3 is 2.44 bits per heavy atom. The lowest BCUT2D eigenvalue weighted by atomic mass is 10.3. The molecule has 25 heavy (non-hydrogen) atoms. The number of hydrogen-bond donors (Lipinski definition) is 0. The molecule has 0 aliphatic heterocycles. The molecule has 3 rings (SSSR count). The van der Waals surface area contributed by atoms with Crippen molar-refractivity contribution in [2.45, 2.75) is 47.2 Å². The Bertz CT molecular complexity index is 1060. The second-order valence-corrected chi connectivity index (χ2v) is 6.55. The van der Waals surface area contributed by atoms with E-state index in [4.69, 9.17) is 4.74 Å². The Morgan fingerprint density at radius 1 is 1.16 bits per heavy atom. The largest absolute Gasteiger partial charge is 0.380 e. The van der Waals surface area contributed by atoms with Crippen molar-refractivity contribution in [3.8, 4) is 0 Å². The van der Waals surface area contributed by atoms with Crippen molar-refractivity contribution in [2.75, 3.05) is 13.2 Å². The highest BCUT2D eigenvalue weighted by atomic mass is 16.5. The third kappa shape index (κ3) is 2.43. The van der Waals surface area contributed by atoms with Gasteiger partial charge in [0.15, 0.2) is 11.2 Å². The summed E-state index contributed by atoms with van der Waals surface area (Å²) in [5, 5.41) is 0. The van der Waals surface area contributed by atoms with Crippen LogP contribution in [0.25, 0.3) is 16.9 Å². The molecule has 0 unspecified atom stereocenters. The zero-order chi connectivity index (χ0) is 18.5. The molecule has 0 atom stereocenters. The van der Waals surface area contributed by atoms with Gasteiger partial charge in [-0.2, -0.15) is 4.98 Å². The average Bonchev–Trinajstić information content (AvgIpc) is 3.05. The van der Waals surface area contributed by atoms with Crippen LogP contribution in [0.4, 0.5) is 0 Å². The Hall–Kier alpha value is -2.35. The van der Waals surface area contributed by atoms with Gasteiger partial charge in [-0.3, -0.25) is 18.3 Å². The molecule has 0 spiro atoms. The maximum Gasteiger partial charge on any atom is 0.332 e. The highest BCUT2D eigenvalue weighted by molar-refractivity contribution is 5.76. The second-order valence-electron chi connectivity index (χ2n) is 6.55. The summed E-state index contributed by atoms with van der Waals surface area (Å²) in [6.07, 6.45) is 0. The maximum atomic E-state index is 13.0. The van der Waals surface area contributed by atoms with Gasteiger partial charge in [0, 0.05) is 31.1 Å². The number of aromatic nitrogens is 5. The minimum atomic E-state index is -0.372. The minimum Gasteiger partial charge on any atom is -0.380 e. The molecule has 8 heteroatoms. The van der Waals surface area contributed by atoms with Crippen molar-refractivity contribution in [3.63, 3.8) is 0 Å². The lowest BCUT2D eigenvalue weighted by molar-refractivity contribution is 0.137. The van der Waals surface area contributed by atoms with Gasteiger partial charge in [-0.25, -0.2) is 4.79 Å². The van der Waals surface area contributed by atoms with Gasteiger partial charge in [0.2, 0.25) is 5.78 Å². The first-order valence-electron chi connectivity index (χ1n) is 8.58. The van der Waals surface area contributed by atoms with Gasteiger partial charge in [-0.15, -0.1) is 0 Å². The Morgan fingerprint density at radius 2 is 1.84 bits per heavy atom. The summed E-state index contributed by atoms with van der Waals surface area (Å²) in [6, 6.07) is 0.199. The van der Waals surface area contributed by atoms with Crippen molar-refractivity contribution in [1.29, 1.82) is 0 Å². The fourth-order valence-corrected chi connectivity index (χ4v) is 3.39. The van der Waals surface area contributed by atoms with Crippen molar-refractivity contribution in [3.05, 3.63) is 32.2 Å². The zero-order valence-corrected chi connectivity index (χ0v) is 15.7. The van der Waals surface area contributed by atoms with Crippen LogP contribution >= 0.6 is 0 Å². The van der Waals surface area contributed by atoms with Crippen LogP contribution in [0.1, 0.15) is 38.2 Å². The van der Waals surface area contributed by atoms with E-state index in [-0.39, 0.29) is 23.8 Å². The van der Waals surface area contributed by atoms with Crippen molar-refractivity contribution < 1.29 is 4.74 Å². The van der Waals surface area contributed by atoms with Crippen LogP contribution < -0.4 is 11.2 Å². The average molecular weight is 347 g/mol. The highest BCUT2D eigenvalue weighted by Gasteiger charge is 2.23. The Balaban J connectivity index is 2.42. The monoisotopic (exact) mass is 347 g/mol. The maximum absolute atomic E-state index is 13.0. The fourth-order valence-electron chi connectivity index (χ4n) is 3.39. The first-order chi connectivity index (χ1) is 11.8. The van der Waals surface area contributed by atoms with Gasteiger partial charge in [0.25, 0.3) is 5.56 Å². The second kappa shape index (κ2) is 6.18. The predicted molar refractivity (Wildman–Crippen MR) is 96.5 cm³/mol. The Labute approximate surface area is 145 Å². The number of hydrogen-bond acceptors (Lipinski definition) is 4. The van der Waals surface area contributed by atoms with Gasteiger partial charge in [0.1, 0.15) is 0 Å². The van der Waals surface area contributed by atoms with E-state index in [0.717, 1.165) is 11.4 Å². The Kier molecular flexibility index (Phi) is 4.32. The number of ether oxygens (including phenoxy) is 1. The van der Waals surface area contributed by atoms with E-state index >= 15 is 0 Å². The van der Waals surface area contributed by atoms with E-state index in [1.54, 1.807) is 7.05 Å². The summed E-state index contributed by atoms with van der Waals surface area (Å²) < 4.78 is 11.9. The lowest BCUT2D eigenvalue weighted by Gasteiger charge is -2.10. The van der Waals surface area contributed by atoms with E-state index in [1.165, 1.54) is 9.13 Å². The minimum absolute atomic E-state index is 0.199. The van der Waals surface area contributed by atoms with Crippen LogP contribution in [0.5, 0.6) is 0 Å². The molecular formula is C17H25N5O3. The first-order valence-corrected chi connectivity index (χ1v) is 8.58. The predicted octanol–water partition coefficient (Wildman–Crippen LogP) is 1.38. The van der Waals surface area contributed by atoms with Crippen LogP contribution in [0.2, 0.25) is 0 Å². The normalized spacial score (nSPS) is 12.1. The van der Waals surface area contributed by atoms with Crippen LogP contribution in [0, 0.1) is 13.8 Å². The number of imidazole rings is 2. The summed E-state index contributed by atoms with van der Waals surface area (Å²) in [5.74, 6) is 0.689. The van der Waals surface area contributed by atoms with Crippen LogP contribution in [0.15, 0.2) is 9.59 Å². The molecule has 0 aromatic carbocycles. The number of fused-ring (bicyclic) bond motifs is 3. The van der Waals surface area contributed by atoms with E-state index in [9.17, 15) is 9.59 Å². The van der Waals surface area contributed by atoms with Crippen molar-refractivity contribution >= 4 is 16.9 Å². The summed E-state index contributed by atoms with van der Waals surface area (Å²) >= 11 is 0. The van der Waals surface area contributed by atoms with E-state index in [2.05, 4.69) is 23.4 Å². The smallest absolute Gasteiger partial charge is 0.332 e. The molecule has 0 amide bonds. The lowest BCUT2D eigenvalue weighted by Crippen LogP contribution is -2.40. The summed E-state index contributed by atoms with van der Waals surface area (Å²) in [5.41, 5.74) is 2.17. The summed E-state index contributed by atoms with van der Waals surface area (Å²) in [7, 11) is 1.65. The molecule has 0 bridgehead atoms. The molecule has 0 N–H and O–H groups in total. The SMILES string of the molecule is CCOCCn1c(=O)c2c(nc3n(C(C)C)c(C)c(C)n23)n(C)c1=O. The molecule has 0 aliphatic rings. The van der Waals surface area contributed by atoms with Gasteiger partial charge in [-0.1, -0.05) is 0 Å². The molecule has 136 valence electrons. The van der Waals surface area contributed by atoms with Crippen molar-refractivity contribution in [2.24, 2.45) is 7.05 Å². The molecule has 0 saturated heterocycles. The third-order valence-electron chi connectivity index (χ3n) is 4.74. The van der Waals surface area contributed by atoms with Crippen LogP contribution in [0.3, 0.4) is 0 Å². The molecular weight excluding hydrogens is 322 g/mol. The third-order valence-corrected chi connectivity index (χ3v) is 4.74. The van der Waals surface area contributed by atoms with Gasteiger partial charge >= 0.3 is 5.69 Å². The molecule has 0 saturated carbocycles. The number of nitrogens with zero attached hydrogens (tertiary/aromatic N) is 5. The van der Waals surface area contributed by atoms with Gasteiger partial charge in [0.05, 0.1) is 13.2 Å². The fraction of sp³-hybridized carbons (Fsp3) is 0.588. The standard InChI is InChI=1S/C17H25N5O3/c1-7-25-9-8-20-15(23)13-14(19(6)17(20)24)18-16-21(10(2)3)11(4)12(5)22(13)16/h10H,7-9H2,1-6H3. The van der Waals surface area contributed by atoms with Crippen molar-refractivity contribution in [1.82, 2.24) is 23.1 Å². The molecule has 3 aromatic heterocycles. The molecule has 0 aliphatic carbocycles. The number of aryl methyl sites for hydroxylation is 2. The topological polar surface area (TPSA) is 75.5 Å². The van der Waals surface area contributed by atoms with E-state index < -0.39 is 0 Å². The van der Waals surface area contributed by atoms with Gasteiger partial charge in [-0.05, 0) is 34.6 Å². The quantitative estimate of drug-likeness (QED) is 0.654. The number of rotatable bonds is 5. The van der Waals surface area contributed by atoms with E-state index in [1.807, 2.05) is 25.2 Å². The summed E-state index contributed by atoms with van der Waals surface area (Å²) in [4.78, 5) is 30.2. The highest BCUT2D eigenvalue weighted by Crippen LogP contribution is 2.23. The van der Waals surface area contributed by atoms with E-state index in [0.29, 0.717) is 30.2 Å². The van der Waals surface area contributed by atoms with Gasteiger partial charge < -0.3 is 9.30 Å². The molecule has 0 radical (unpaired) electrons. The van der Waals surface area contributed by atoms with Crippen LogP contribution in [-0.4, -0.2) is 36.3 Å². The molecule has 3 aromatic rings. The van der Waals surface area contributed by atoms with Crippen LogP contribution in [-0.2, 0) is 18.3 Å². The first kappa shape index (κ1) is 17.5. The summed E-state index contributed by atoms with van der Waals surface area (Å²) in [6.45, 7) is 11.1. The molecule has 3 heterocycles. The molecule has 0 fully saturated rings.